The van der Waals surface area contributed by atoms with Gasteiger partial charge in [0.25, 0.3) is 5.91 Å². The molecular formula is C22H20ClN3O. The predicted molar refractivity (Wildman–Crippen MR) is 106 cm³/mol. The van der Waals surface area contributed by atoms with Gasteiger partial charge in [-0.15, -0.1) is 0 Å². The summed E-state index contributed by atoms with van der Waals surface area (Å²) in [7, 11) is 0. The number of hydrogen-bond donors (Lipinski definition) is 0. The number of amides is 1. The van der Waals surface area contributed by atoms with Crippen molar-refractivity contribution in [3.8, 4) is 0 Å². The highest BCUT2D eigenvalue weighted by atomic mass is 35.5. The highest BCUT2D eigenvalue weighted by Crippen LogP contribution is 2.32. The molecule has 1 amide bonds. The molecule has 1 aromatic carbocycles. The van der Waals surface area contributed by atoms with Gasteiger partial charge in [-0.2, -0.15) is 0 Å². The van der Waals surface area contributed by atoms with Crippen molar-refractivity contribution in [3.05, 3.63) is 94.5 Å². The summed E-state index contributed by atoms with van der Waals surface area (Å²) >= 11 is 5.97. The van der Waals surface area contributed by atoms with E-state index in [1.807, 2.05) is 47.4 Å². The van der Waals surface area contributed by atoms with Gasteiger partial charge in [-0.05, 0) is 54.8 Å². The van der Waals surface area contributed by atoms with Crippen molar-refractivity contribution in [2.24, 2.45) is 0 Å². The van der Waals surface area contributed by atoms with Crippen molar-refractivity contribution in [3.63, 3.8) is 0 Å². The van der Waals surface area contributed by atoms with E-state index in [1.165, 1.54) is 5.56 Å². The number of hydrogen-bond acceptors (Lipinski definition) is 3. The van der Waals surface area contributed by atoms with Crippen LogP contribution >= 0.6 is 11.6 Å². The Balaban J connectivity index is 1.55. The minimum Gasteiger partial charge on any atom is -0.330 e. The molecule has 2 aromatic heterocycles. The number of likely N-dealkylation sites (tertiary alicyclic amines) is 1. The summed E-state index contributed by atoms with van der Waals surface area (Å²) in [5, 5.41) is 0.733. The summed E-state index contributed by atoms with van der Waals surface area (Å²) in [5.74, 6) is 0.0461. The second-order valence-corrected chi connectivity index (χ2v) is 7.19. The van der Waals surface area contributed by atoms with Gasteiger partial charge in [0.05, 0.1) is 11.7 Å². The molecule has 3 aromatic rings. The molecule has 5 heteroatoms. The van der Waals surface area contributed by atoms with E-state index in [1.54, 1.807) is 24.5 Å². The third kappa shape index (κ3) is 4.01. The Kier molecular flexibility index (Phi) is 5.16. The normalized spacial score (nSPS) is 16.5. The second-order valence-electron chi connectivity index (χ2n) is 6.75. The van der Waals surface area contributed by atoms with E-state index < -0.39 is 0 Å². The van der Waals surface area contributed by atoms with Crippen molar-refractivity contribution >= 4 is 17.5 Å². The van der Waals surface area contributed by atoms with Crippen LogP contribution in [0.1, 0.15) is 46.2 Å². The SMILES string of the molecule is O=C(c1ccncc1)N1CCC[C@H]1c1cccc(Cc2ccc(Cl)cc2)n1. The molecule has 0 unspecified atom stereocenters. The summed E-state index contributed by atoms with van der Waals surface area (Å²) in [6.07, 6.45) is 5.99. The van der Waals surface area contributed by atoms with Crippen molar-refractivity contribution in [2.45, 2.75) is 25.3 Å². The summed E-state index contributed by atoms with van der Waals surface area (Å²) in [6.45, 7) is 0.759. The number of halogens is 1. The molecule has 3 heterocycles. The Morgan fingerprint density at radius 1 is 1.07 bits per heavy atom. The average molecular weight is 378 g/mol. The molecule has 1 fully saturated rings. The quantitative estimate of drug-likeness (QED) is 0.662. The van der Waals surface area contributed by atoms with Crippen LogP contribution in [0, 0.1) is 0 Å². The lowest BCUT2D eigenvalue weighted by Gasteiger charge is -2.24. The highest BCUT2D eigenvalue weighted by molar-refractivity contribution is 6.30. The lowest BCUT2D eigenvalue weighted by atomic mass is 10.1. The Bertz CT molecular complexity index is 928. The summed E-state index contributed by atoms with van der Waals surface area (Å²) in [4.78, 5) is 23.7. The van der Waals surface area contributed by atoms with Gasteiger partial charge in [0, 0.05) is 41.6 Å². The molecule has 136 valence electrons. The van der Waals surface area contributed by atoms with Crippen LogP contribution in [0.25, 0.3) is 0 Å². The fourth-order valence-electron chi connectivity index (χ4n) is 3.57. The van der Waals surface area contributed by atoms with E-state index >= 15 is 0 Å². The van der Waals surface area contributed by atoms with Crippen LogP contribution in [0.5, 0.6) is 0 Å². The first-order valence-corrected chi connectivity index (χ1v) is 9.50. The molecule has 0 N–H and O–H groups in total. The van der Waals surface area contributed by atoms with Crippen LogP contribution in [0.4, 0.5) is 0 Å². The number of rotatable bonds is 4. The molecule has 0 spiro atoms. The first-order chi connectivity index (χ1) is 13.2. The van der Waals surface area contributed by atoms with Crippen LogP contribution in [-0.2, 0) is 6.42 Å². The fourth-order valence-corrected chi connectivity index (χ4v) is 3.70. The van der Waals surface area contributed by atoms with Crippen LogP contribution < -0.4 is 0 Å². The molecule has 1 atom stereocenters. The zero-order valence-corrected chi connectivity index (χ0v) is 15.6. The van der Waals surface area contributed by atoms with Gasteiger partial charge in [-0.25, -0.2) is 0 Å². The van der Waals surface area contributed by atoms with Gasteiger partial charge in [0.2, 0.25) is 0 Å². The van der Waals surface area contributed by atoms with Crippen LogP contribution in [0.15, 0.2) is 67.0 Å². The van der Waals surface area contributed by atoms with Crippen molar-refractivity contribution in [1.82, 2.24) is 14.9 Å². The van der Waals surface area contributed by atoms with Crippen molar-refractivity contribution in [1.29, 1.82) is 0 Å². The maximum atomic E-state index is 12.9. The van der Waals surface area contributed by atoms with E-state index in [0.29, 0.717) is 5.56 Å². The molecule has 0 aliphatic carbocycles. The zero-order chi connectivity index (χ0) is 18.6. The van der Waals surface area contributed by atoms with Crippen LogP contribution in [-0.4, -0.2) is 27.3 Å². The van der Waals surface area contributed by atoms with E-state index in [9.17, 15) is 4.79 Å². The summed E-state index contributed by atoms with van der Waals surface area (Å²) in [5.41, 5.74) is 3.80. The van der Waals surface area contributed by atoms with Crippen molar-refractivity contribution in [2.75, 3.05) is 6.54 Å². The summed E-state index contributed by atoms with van der Waals surface area (Å²) < 4.78 is 0. The van der Waals surface area contributed by atoms with Gasteiger partial charge < -0.3 is 4.90 Å². The molecule has 1 saturated heterocycles. The number of benzene rings is 1. The molecule has 1 aliphatic heterocycles. The number of carbonyl (C=O) groups excluding carboxylic acids is 1. The maximum Gasteiger partial charge on any atom is 0.254 e. The first-order valence-electron chi connectivity index (χ1n) is 9.12. The molecule has 0 bridgehead atoms. The predicted octanol–water partition coefficient (Wildman–Crippen LogP) is 4.70. The lowest BCUT2D eigenvalue weighted by molar-refractivity contribution is 0.0732. The minimum absolute atomic E-state index is 0.0239. The van der Waals surface area contributed by atoms with E-state index in [4.69, 9.17) is 16.6 Å². The molecule has 4 rings (SSSR count). The monoisotopic (exact) mass is 377 g/mol. The van der Waals surface area contributed by atoms with Crippen LogP contribution in [0.2, 0.25) is 5.02 Å². The highest BCUT2D eigenvalue weighted by Gasteiger charge is 2.31. The lowest BCUT2D eigenvalue weighted by Crippen LogP contribution is -2.31. The Labute approximate surface area is 163 Å². The Morgan fingerprint density at radius 3 is 2.63 bits per heavy atom. The molecule has 4 nitrogen and oxygen atoms in total. The number of pyridine rings is 2. The molecule has 1 aliphatic rings. The standard InChI is InChI=1S/C22H20ClN3O/c23-18-8-6-16(7-9-18)15-19-3-1-4-20(25-19)21-5-2-14-26(21)22(27)17-10-12-24-13-11-17/h1,3-4,6-13,21H,2,5,14-15H2/t21-/m0/s1. The number of carbonyl (C=O) groups is 1. The fraction of sp³-hybridized carbons (Fsp3) is 0.227. The topological polar surface area (TPSA) is 46.1 Å². The molecule has 27 heavy (non-hydrogen) atoms. The second kappa shape index (κ2) is 7.89. The Hall–Kier alpha value is -2.72. The molecule has 0 saturated carbocycles. The van der Waals surface area contributed by atoms with Gasteiger partial charge in [-0.1, -0.05) is 29.8 Å². The van der Waals surface area contributed by atoms with Gasteiger partial charge in [0.15, 0.2) is 0 Å². The van der Waals surface area contributed by atoms with E-state index in [-0.39, 0.29) is 11.9 Å². The van der Waals surface area contributed by atoms with E-state index in [0.717, 1.165) is 42.2 Å². The number of aromatic nitrogens is 2. The Morgan fingerprint density at radius 2 is 1.85 bits per heavy atom. The van der Waals surface area contributed by atoms with Crippen molar-refractivity contribution < 1.29 is 4.79 Å². The van der Waals surface area contributed by atoms with Gasteiger partial charge >= 0.3 is 0 Å². The molecular weight excluding hydrogens is 358 g/mol. The number of nitrogens with zero attached hydrogens (tertiary/aromatic N) is 3. The average Bonchev–Trinajstić information content (AvgIpc) is 3.20. The first kappa shape index (κ1) is 17.7. The zero-order valence-electron chi connectivity index (χ0n) is 14.9. The van der Waals surface area contributed by atoms with E-state index in [2.05, 4.69) is 4.98 Å². The maximum absolute atomic E-state index is 12.9. The van der Waals surface area contributed by atoms with Gasteiger partial charge in [0.1, 0.15) is 0 Å². The van der Waals surface area contributed by atoms with Gasteiger partial charge in [-0.3, -0.25) is 14.8 Å². The third-order valence-corrected chi connectivity index (χ3v) is 5.16. The summed E-state index contributed by atoms with van der Waals surface area (Å²) in [6, 6.07) is 17.5. The smallest absolute Gasteiger partial charge is 0.254 e. The molecule has 0 radical (unpaired) electrons. The third-order valence-electron chi connectivity index (χ3n) is 4.91. The largest absolute Gasteiger partial charge is 0.330 e. The minimum atomic E-state index is 0.0239. The van der Waals surface area contributed by atoms with Crippen LogP contribution in [0.3, 0.4) is 0 Å².